The van der Waals surface area contributed by atoms with Crippen LogP contribution >= 0.6 is 0 Å². The van der Waals surface area contributed by atoms with Gasteiger partial charge in [0.15, 0.2) is 5.82 Å². The van der Waals surface area contributed by atoms with Gasteiger partial charge in [-0.05, 0) is 26.0 Å². The molecule has 8 heteroatoms. The van der Waals surface area contributed by atoms with E-state index in [-0.39, 0.29) is 11.7 Å². The molecule has 1 amide bonds. The van der Waals surface area contributed by atoms with Crippen molar-refractivity contribution in [1.29, 1.82) is 0 Å². The molecule has 0 aliphatic heterocycles. The van der Waals surface area contributed by atoms with Crippen molar-refractivity contribution >= 4 is 5.91 Å². The summed E-state index contributed by atoms with van der Waals surface area (Å²) in [6.07, 6.45) is 3.24. The number of rotatable bonds is 4. The Kier molecular flexibility index (Phi) is 3.65. The highest BCUT2D eigenvalue weighted by atomic mass is 16.5. The number of hydrogen-bond acceptors (Lipinski definition) is 6. The Hall–Kier alpha value is -3.03. The zero-order chi connectivity index (χ0) is 15.5. The predicted octanol–water partition coefficient (Wildman–Crippen LogP) is 1.65. The topological polar surface area (TPSA) is 110 Å². The van der Waals surface area contributed by atoms with Gasteiger partial charge in [-0.1, -0.05) is 11.2 Å². The van der Waals surface area contributed by atoms with Gasteiger partial charge in [-0.3, -0.25) is 9.78 Å². The maximum Gasteiger partial charge on any atom is 0.287 e. The van der Waals surface area contributed by atoms with Crippen LogP contribution in [0, 0.1) is 6.92 Å². The van der Waals surface area contributed by atoms with Crippen LogP contribution in [0.2, 0.25) is 0 Å². The summed E-state index contributed by atoms with van der Waals surface area (Å²) < 4.78 is 5.18. The lowest BCUT2D eigenvalue weighted by Crippen LogP contribution is -2.27. The predicted molar refractivity (Wildman–Crippen MR) is 76.7 cm³/mol. The van der Waals surface area contributed by atoms with E-state index >= 15 is 0 Å². The van der Waals surface area contributed by atoms with Crippen LogP contribution in [0.1, 0.15) is 35.2 Å². The number of aromatic nitrogens is 5. The Morgan fingerprint density at radius 2 is 2.23 bits per heavy atom. The van der Waals surface area contributed by atoms with Gasteiger partial charge in [0.05, 0.1) is 0 Å². The van der Waals surface area contributed by atoms with E-state index in [1.807, 2.05) is 13.0 Å². The Morgan fingerprint density at radius 3 is 2.91 bits per heavy atom. The van der Waals surface area contributed by atoms with Gasteiger partial charge in [0.2, 0.25) is 11.7 Å². The van der Waals surface area contributed by atoms with Crippen molar-refractivity contribution in [3.63, 3.8) is 0 Å². The van der Waals surface area contributed by atoms with Crippen LogP contribution in [0.15, 0.2) is 35.1 Å². The monoisotopic (exact) mass is 298 g/mol. The van der Waals surface area contributed by atoms with Gasteiger partial charge >= 0.3 is 0 Å². The zero-order valence-electron chi connectivity index (χ0n) is 12.1. The van der Waals surface area contributed by atoms with Crippen LogP contribution in [-0.4, -0.2) is 31.0 Å². The van der Waals surface area contributed by atoms with Crippen LogP contribution in [0.4, 0.5) is 0 Å². The average Bonchev–Trinajstić information content (AvgIpc) is 3.17. The second-order valence-corrected chi connectivity index (χ2v) is 4.78. The number of amides is 1. The molecular formula is C14H14N6O2. The SMILES string of the molecule is Cc1cnc(C(=O)N[C@@H](C)c2nc(-c3ccccn3)no2)[nH]1. The van der Waals surface area contributed by atoms with Crippen molar-refractivity contribution in [2.24, 2.45) is 0 Å². The smallest absolute Gasteiger partial charge is 0.287 e. The molecule has 3 aromatic rings. The zero-order valence-corrected chi connectivity index (χ0v) is 12.1. The molecular weight excluding hydrogens is 284 g/mol. The first-order chi connectivity index (χ1) is 10.6. The number of hydrogen-bond donors (Lipinski definition) is 2. The van der Waals surface area contributed by atoms with Crippen molar-refractivity contribution in [1.82, 2.24) is 30.4 Å². The summed E-state index contributed by atoms with van der Waals surface area (Å²) in [5.41, 5.74) is 1.42. The molecule has 22 heavy (non-hydrogen) atoms. The van der Waals surface area contributed by atoms with Gasteiger partial charge in [0.1, 0.15) is 11.7 Å². The maximum atomic E-state index is 12.0. The van der Waals surface area contributed by atoms with Crippen LogP contribution in [0.5, 0.6) is 0 Å². The number of imidazole rings is 1. The molecule has 0 saturated heterocycles. The molecule has 0 fully saturated rings. The molecule has 0 radical (unpaired) electrons. The molecule has 0 aliphatic rings. The van der Waals surface area contributed by atoms with Crippen molar-refractivity contribution in [3.8, 4) is 11.5 Å². The molecule has 8 nitrogen and oxygen atoms in total. The van der Waals surface area contributed by atoms with E-state index in [4.69, 9.17) is 4.52 Å². The van der Waals surface area contributed by atoms with E-state index in [1.54, 1.807) is 31.5 Å². The highest BCUT2D eigenvalue weighted by molar-refractivity contribution is 5.90. The largest absolute Gasteiger partial charge is 0.338 e. The van der Waals surface area contributed by atoms with E-state index in [0.29, 0.717) is 17.4 Å². The molecule has 0 aromatic carbocycles. The Bertz CT molecular complexity index is 779. The first-order valence-electron chi connectivity index (χ1n) is 6.71. The second-order valence-electron chi connectivity index (χ2n) is 4.78. The number of pyridine rings is 1. The number of aryl methyl sites for hydroxylation is 1. The number of aromatic amines is 1. The van der Waals surface area contributed by atoms with Crippen LogP contribution in [0.25, 0.3) is 11.5 Å². The number of nitrogens with zero attached hydrogens (tertiary/aromatic N) is 4. The van der Waals surface area contributed by atoms with Gasteiger partial charge in [0, 0.05) is 18.1 Å². The third-order valence-electron chi connectivity index (χ3n) is 2.97. The van der Waals surface area contributed by atoms with Gasteiger partial charge in [-0.2, -0.15) is 4.98 Å². The van der Waals surface area contributed by atoms with Crippen LogP contribution < -0.4 is 5.32 Å². The summed E-state index contributed by atoms with van der Waals surface area (Å²) in [5, 5.41) is 6.61. The number of carbonyl (C=O) groups excluding carboxylic acids is 1. The van der Waals surface area contributed by atoms with Gasteiger partial charge < -0.3 is 14.8 Å². The Labute approximate surface area is 126 Å². The fourth-order valence-electron chi connectivity index (χ4n) is 1.86. The summed E-state index contributed by atoms with van der Waals surface area (Å²) in [4.78, 5) is 27.2. The molecule has 3 aromatic heterocycles. The number of carbonyl (C=O) groups is 1. The van der Waals surface area contributed by atoms with E-state index in [0.717, 1.165) is 5.69 Å². The highest BCUT2D eigenvalue weighted by Gasteiger charge is 2.19. The van der Waals surface area contributed by atoms with E-state index in [9.17, 15) is 4.79 Å². The van der Waals surface area contributed by atoms with Gasteiger partial charge in [0.25, 0.3) is 5.91 Å². The number of nitrogens with one attached hydrogen (secondary N) is 2. The maximum absolute atomic E-state index is 12.0. The third-order valence-corrected chi connectivity index (χ3v) is 2.97. The molecule has 0 saturated carbocycles. The standard InChI is InChI=1S/C14H14N6O2/c1-8-7-16-12(17-8)13(21)18-9(2)14-19-11(20-22-14)10-5-3-4-6-15-10/h3-7,9H,1-2H3,(H,16,17)(H,18,21)/t9-/m0/s1. The molecule has 0 bridgehead atoms. The van der Waals surface area contributed by atoms with Crippen molar-refractivity contribution in [2.45, 2.75) is 19.9 Å². The van der Waals surface area contributed by atoms with Crippen LogP contribution in [-0.2, 0) is 0 Å². The van der Waals surface area contributed by atoms with E-state index in [2.05, 4.69) is 30.4 Å². The second kappa shape index (κ2) is 5.76. The summed E-state index contributed by atoms with van der Waals surface area (Å²) in [6.45, 7) is 3.58. The minimum atomic E-state index is -0.442. The quantitative estimate of drug-likeness (QED) is 0.758. The normalized spacial score (nSPS) is 12.1. The summed E-state index contributed by atoms with van der Waals surface area (Å²) >= 11 is 0. The summed E-state index contributed by atoms with van der Waals surface area (Å²) in [5.74, 6) is 0.592. The molecule has 112 valence electrons. The van der Waals surface area contributed by atoms with Gasteiger partial charge in [-0.25, -0.2) is 4.98 Å². The molecule has 2 N–H and O–H groups in total. The molecule has 0 unspecified atom stereocenters. The fraction of sp³-hybridized carbons (Fsp3) is 0.214. The van der Waals surface area contributed by atoms with Gasteiger partial charge in [-0.15, -0.1) is 0 Å². The van der Waals surface area contributed by atoms with Crippen LogP contribution in [0.3, 0.4) is 0 Å². The minimum Gasteiger partial charge on any atom is -0.338 e. The van der Waals surface area contributed by atoms with Crippen molar-refractivity contribution < 1.29 is 9.32 Å². The molecule has 0 spiro atoms. The molecule has 1 atom stereocenters. The van der Waals surface area contributed by atoms with Crippen molar-refractivity contribution in [2.75, 3.05) is 0 Å². The lowest BCUT2D eigenvalue weighted by molar-refractivity contribution is 0.0923. The minimum absolute atomic E-state index is 0.244. The van der Waals surface area contributed by atoms with E-state index < -0.39 is 6.04 Å². The average molecular weight is 298 g/mol. The third kappa shape index (κ3) is 2.85. The first-order valence-corrected chi connectivity index (χ1v) is 6.71. The summed E-state index contributed by atoms with van der Waals surface area (Å²) in [7, 11) is 0. The van der Waals surface area contributed by atoms with E-state index in [1.165, 1.54) is 0 Å². The Morgan fingerprint density at radius 1 is 1.36 bits per heavy atom. The fourth-order valence-corrected chi connectivity index (χ4v) is 1.86. The lowest BCUT2D eigenvalue weighted by atomic mass is 10.3. The Balaban J connectivity index is 1.72. The molecule has 0 aliphatic carbocycles. The summed E-state index contributed by atoms with van der Waals surface area (Å²) in [6, 6.07) is 4.98. The number of H-pyrrole nitrogens is 1. The first kappa shape index (κ1) is 13.9. The van der Waals surface area contributed by atoms with Crippen molar-refractivity contribution in [3.05, 3.63) is 48.0 Å². The highest BCUT2D eigenvalue weighted by Crippen LogP contribution is 2.16. The lowest BCUT2D eigenvalue weighted by Gasteiger charge is -2.07. The molecule has 3 heterocycles. The molecule has 3 rings (SSSR count).